The lowest BCUT2D eigenvalue weighted by Gasteiger charge is -2.13. The number of aromatic amines is 1. The molecule has 25 heavy (non-hydrogen) atoms. The number of fused-ring (bicyclic) bond motifs is 1. The van der Waals surface area contributed by atoms with Gasteiger partial charge >= 0.3 is 0 Å². The standard InChI is InChI=1S/C19H20N4O2/c1-12(2)13-7-3-5-9-15(13)21-17(24)11-20-19(25)18-14-8-4-6-10-16(14)22-23-18/h3-10,12H,11H2,1-2H3,(H,20,25)(H,21,24)(H,22,23). The van der Waals surface area contributed by atoms with Crippen LogP contribution in [0.15, 0.2) is 48.5 Å². The predicted octanol–water partition coefficient (Wildman–Crippen LogP) is 3.05. The Kier molecular flexibility index (Phi) is 4.79. The van der Waals surface area contributed by atoms with Gasteiger partial charge in [-0.2, -0.15) is 5.10 Å². The molecule has 0 spiro atoms. The van der Waals surface area contributed by atoms with Crippen molar-refractivity contribution in [1.29, 1.82) is 0 Å². The van der Waals surface area contributed by atoms with Crippen LogP contribution in [-0.2, 0) is 4.79 Å². The van der Waals surface area contributed by atoms with E-state index in [-0.39, 0.29) is 24.1 Å². The SMILES string of the molecule is CC(C)c1ccccc1NC(=O)CNC(=O)c1n[nH]c2ccccc12. The summed E-state index contributed by atoms with van der Waals surface area (Å²) in [5.74, 6) is -0.368. The van der Waals surface area contributed by atoms with Crippen molar-refractivity contribution in [1.82, 2.24) is 15.5 Å². The Hall–Kier alpha value is -3.15. The molecule has 0 aliphatic carbocycles. The number of rotatable bonds is 5. The van der Waals surface area contributed by atoms with E-state index in [2.05, 4.69) is 34.7 Å². The summed E-state index contributed by atoms with van der Waals surface area (Å²) in [6.45, 7) is 4.01. The minimum absolute atomic E-state index is 0.119. The van der Waals surface area contributed by atoms with Gasteiger partial charge in [-0.3, -0.25) is 14.7 Å². The lowest BCUT2D eigenvalue weighted by Crippen LogP contribution is -2.33. The molecule has 6 heteroatoms. The van der Waals surface area contributed by atoms with Gasteiger partial charge in [0.1, 0.15) is 0 Å². The minimum atomic E-state index is -0.384. The van der Waals surface area contributed by atoms with E-state index in [0.717, 1.165) is 22.2 Å². The zero-order chi connectivity index (χ0) is 17.8. The molecule has 3 N–H and O–H groups in total. The van der Waals surface area contributed by atoms with Gasteiger partial charge in [0.2, 0.25) is 5.91 Å². The van der Waals surface area contributed by atoms with E-state index in [1.54, 1.807) is 0 Å². The molecule has 1 aromatic heterocycles. The molecule has 0 aliphatic rings. The summed E-state index contributed by atoms with van der Waals surface area (Å²) in [5, 5.41) is 13.0. The summed E-state index contributed by atoms with van der Waals surface area (Å²) in [5.41, 5.74) is 2.89. The van der Waals surface area contributed by atoms with E-state index in [0.29, 0.717) is 5.92 Å². The number of amides is 2. The van der Waals surface area contributed by atoms with E-state index in [1.807, 2.05) is 48.5 Å². The summed E-state index contributed by atoms with van der Waals surface area (Å²) in [7, 11) is 0. The molecule has 0 fully saturated rings. The molecule has 0 radical (unpaired) electrons. The van der Waals surface area contributed by atoms with Gasteiger partial charge in [0.25, 0.3) is 5.91 Å². The third-order valence-corrected chi connectivity index (χ3v) is 3.95. The molecule has 128 valence electrons. The van der Waals surface area contributed by atoms with Gasteiger partial charge in [0.05, 0.1) is 12.1 Å². The van der Waals surface area contributed by atoms with Crippen LogP contribution in [0.1, 0.15) is 35.8 Å². The monoisotopic (exact) mass is 336 g/mol. The van der Waals surface area contributed by atoms with E-state index in [9.17, 15) is 9.59 Å². The number of carbonyl (C=O) groups is 2. The van der Waals surface area contributed by atoms with Crippen LogP contribution in [-0.4, -0.2) is 28.6 Å². The summed E-state index contributed by atoms with van der Waals surface area (Å²) in [6, 6.07) is 15.0. The number of nitrogens with one attached hydrogen (secondary N) is 3. The first-order valence-electron chi connectivity index (χ1n) is 8.16. The first-order valence-corrected chi connectivity index (χ1v) is 8.16. The fourth-order valence-electron chi connectivity index (χ4n) is 2.69. The molecule has 3 rings (SSSR count). The van der Waals surface area contributed by atoms with Gasteiger partial charge < -0.3 is 10.6 Å². The zero-order valence-corrected chi connectivity index (χ0v) is 14.2. The zero-order valence-electron chi connectivity index (χ0n) is 14.2. The summed E-state index contributed by atoms with van der Waals surface area (Å²) >= 11 is 0. The Morgan fingerprint density at radius 2 is 1.80 bits per heavy atom. The number of nitrogens with zero attached hydrogens (tertiary/aromatic N) is 1. The number of hydrogen-bond acceptors (Lipinski definition) is 3. The Morgan fingerprint density at radius 1 is 1.08 bits per heavy atom. The molecule has 2 amide bonds. The Balaban J connectivity index is 1.64. The first-order chi connectivity index (χ1) is 12.1. The van der Waals surface area contributed by atoms with E-state index < -0.39 is 0 Å². The van der Waals surface area contributed by atoms with Gasteiger partial charge in [-0.05, 0) is 23.6 Å². The fraction of sp³-hybridized carbons (Fsp3) is 0.211. The van der Waals surface area contributed by atoms with Crippen molar-refractivity contribution in [2.24, 2.45) is 0 Å². The molecule has 0 atom stereocenters. The second-order valence-corrected chi connectivity index (χ2v) is 6.09. The highest BCUT2D eigenvalue weighted by Crippen LogP contribution is 2.23. The van der Waals surface area contributed by atoms with E-state index in [4.69, 9.17) is 0 Å². The minimum Gasteiger partial charge on any atom is -0.342 e. The molecule has 0 bridgehead atoms. The van der Waals surface area contributed by atoms with Crippen molar-refractivity contribution in [3.63, 3.8) is 0 Å². The number of anilines is 1. The van der Waals surface area contributed by atoms with Gasteiger partial charge in [-0.15, -0.1) is 0 Å². The molecular formula is C19H20N4O2. The van der Waals surface area contributed by atoms with Crippen LogP contribution >= 0.6 is 0 Å². The third kappa shape index (κ3) is 3.68. The van der Waals surface area contributed by atoms with Crippen LogP contribution in [0.25, 0.3) is 10.9 Å². The number of benzene rings is 2. The van der Waals surface area contributed by atoms with Crippen molar-refractivity contribution in [2.45, 2.75) is 19.8 Å². The maximum absolute atomic E-state index is 12.3. The van der Waals surface area contributed by atoms with Crippen molar-refractivity contribution in [3.8, 4) is 0 Å². The number of H-pyrrole nitrogens is 1. The first kappa shape index (κ1) is 16.7. The predicted molar refractivity (Wildman–Crippen MR) is 97.6 cm³/mol. The summed E-state index contributed by atoms with van der Waals surface area (Å²) in [4.78, 5) is 24.4. The topological polar surface area (TPSA) is 86.9 Å². The Labute approximate surface area is 145 Å². The van der Waals surface area contributed by atoms with Crippen LogP contribution in [0.2, 0.25) is 0 Å². The molecule has 0 unspecified atom stereocenters. The van der Waals surface area contributed by atoms with Crippen molar-refractivity contribution < 1.29 is 9.59 Å². The molecule has 3 aromatic rings. The lowest BCUT2D eigenvalue weighted by atomic mass is 10.0. The lowest BCUT2D eigenvalue weighted by molar-refractivity contribution is -0.115. The van der Waals surface area contributed by atoms with Crippen LogP contribution in [0.4, 0.5) is 5.69 Å². The van der Waals surface area contributed by atoms with Gasteiger partial charge in [-0.1, -0.05) is 50.2 Å². The smallest absolute Gasteiger partial charge is 0.272 e. The van der Waals surface area contributed by atoms with Crippen molar-refractivity contribution in [2.75, 3.05) is 11.9 Å². The second kappa shape index (κ2) is 7.17. The molecular weight excluding hydrogens is 316 g/mol. The van der Waals surface area contributed by atoms with Gasteiger partial charge in [0, 0.05) is 11.1 Å². The Bertz CT molecular complexity index is 914. The van der Waals surface area contributed by atoms with E-state index in [1.165, 1.54) is 0 Å². The average molecular weight is 336 g/mol. The average Bonchev–Trinajstić information content (AvgIpc) is 3.04. The molecule has 0 saturated carbocycles. The fourth-order valence-corrected chi connectivity index (χ4v) is 2.69. The van der Waals surface area contributed by atoms with Crippen LogP contribution in [0, 0.1) is 0 Å². The number of carbonyl (C=O) groups excluding carboxylic acids is 2. The van der Waals surface area contributed by atoms with E-state index >= 15 is 0 Å². The highest BCUT2D eigenvalue weighted by molar-refractivity contribution is 6.06. The van der Waals surface area contributed by atoms with Gasteiger partial charge in [-0.25, -0.2) is 0 Å². The maximum Gasteiger partial charge on any atom is 0.272 e. The number of para-hydroxylation sites is 2. The maximum atomic E-state index is 12.3. The molecule has 1 heterocycles. The molecule has 6 nitrogen and oxygen atoms in total. The molecule has 0 saturated heterocycles. The van der Waals surface area contributed by atoms with Crippen molar-refractivity contribution in [3.05, 3.63) is 59.8 Å². The third-order valence-electron chi connectivity index (χ3n) is 3.95. The number of aromatic nitrogens is 2. The van der Waals surface area contributed by atoms with Crippen LogP contribution in [0.5, 0.6) is 0 Å². The normalized spacial score (nSPS) is 10.8. The summed E-state index contributed by atoms with van der Waals surface area (Å²) in [6.07, 6.45) is 0. The second-order valence-electron chi connectivity index (χ2n) is 6.09. The molecule has 2 aromatic carbocycles. The van der Waals surface area contributed by atoms with Crippen LogP contribution in [0.3, 0.4) is 0 Å². The van der Waals surface area contributed by atoms with Gasteiger partial charge in [0.15, 0.2) is 5.69 Å². The Morgan fingerprint density at radius 3 is 2.60 bits per heavy atom. The van der Waals surface area contributed by atoms with Crippen molar-refractivity contribution >= 4 is 28.4 Å². The highest BCUT2D eigenvalue weighted by atomic mass is 16.2. The largest absolute Gasteiger partial charge is 0.342 e. The number of hydrogen-bond donors (Lipinski definition) is 3. The highest BCUT2D eigenvalue weighted by Gasteiger charge is 2.15. The summed E-state index contributed by atoms with van der Waals surface area (Å²) < 4.78 is 0. The molecule has 0 aliphatic heterocycles. The quantitative estimate of drug-likeness (QED) is 0.669. The van der Waals surface area contributed by atoms with Crippen LogP contribution < -0.4 is 10.6 Å².